The second-order valence-corrected chi connectivity index (χ2v) is 7.74. The number of benzene rings is 1. The van der Waals surface area contributed by atoms with Crippen molar-refractivity contribution < 1.29 is 8.42 Å². The van der Waals surface area contributed by atoms with Crippen LogP contribution in [0.25, 0.3) is 0 Å². The average molecular weight is 311 g/mol. The first-order chi connectivity index (χ1) is 9.30. The standard InChI is InChI=1S/C13H17N3O2S2/c1-9-4-5-12(6-13(9)14)20(17,18)16(3)7-11-8-19-10(2)15-11/h4-6,8H,7,14H2,1-3H3. The number of sulfonamides is 1. The summed E-state index contributed by atoms with van der Waals surface area (Å²) < 4.78 is 26.2. The van der Waals surface area contributed by atoms with Crippen molar-refractivity contribution in [2.24, 2.45) is 0 Å². The summed E-state index contributed by atoms with van der Waals surface area (Å²) in [7, 11) is -2.01. The van der Waals surface area contributed by atoms with Crippen LogP contribution in [0.15, 0.2) is 28.5 Å². The van der Waals surface area contributed by atoms with Crippen molar-refractivity contribution in [3.05, 3.63) is 39.8 Å². The SMILES string of the molecule is Cc1nc(CN(C)S(=O)(=O)c2ccc(C)c(N)c2)cs1. The van der Waals surface area contributed by atoms with E-state index in [1.54, 1.807) is 19.2 Å². The Bertz CT molecular complexity index is 723. The fourth-order valence-electron chi connectivity index (χ4n) is 1.75. The van der Waals surface area contributed by atoms with Crippen LogP contribution < -0.4 is 5.73 Å². The highest BCUT2D eigenvalue weighted by molar-refractivity contribution is 7.89. The Morgan fingerprint density at radius 3 is 2.60 bits per heavy atom. The Hall–Kier alpha value is -1.44. The monoisotopic (exact) mass is 311 g/mol. The smallest absolute Gasteiger partial charge is 0.243 e. The van der Waals surface area contributed by atoms with E-state index in [1.807, 2.05) is 19.2 Å². The number of thiazole rings is 1. The van der Waals surface area contributed by atoms with Crippen LogP contribution in [-0.4, -0.2) is 24.8 Å². The lowest BCUT2D eigenvalue weighted by Crippen LogP contribution is -2.26. The first-order valence-electron chi connectivity index (χ1n) is 6.04. The number of nitrogens with zero attached hydrogens (tertiary/aromatic N) is 2. The minimum Gasteiger partial charge on any atom is -0.398 e. The molecule has 2 rings (SSSR count). The number of aromatic nitrogens is 1. The fourth-order valence-corrected chi connectivity index (χ4v) is 3.53. The fraction of sp³-hybridized carbons (Fsp3) is 0.308. The van der Waals surface area contributed by atoms with Gasteiger partial charge >= 0.3 is 0 Å². The van der Waals surface area contributed by atoms with Gasteiger partial charge in [0.25, 0.3) is 0 Å². The van der Waals surface area contributed by atoms with Crippen molar-refractivity contribution in [2.45, 2.75) is 25.3 Å². The molecule has 2 aromatic rings. The topological polar surface area (TPSA) is 76.3 Å². The summed E-state index contributed by atoms with van der Waals surface area (Å²) in [4.78, 5) is 4.48. The molecule has 0 aliphatic carbocycles. The molecule has 0 radical (unpaired) electrons. The first-order valence-corrected chi connectivity index (χ1v) is 8.36. The van der Waals surface area contributed by atoms with E-state index in [9.17, 15) is 8.42 Å². The number of nitrogens with two attached hydrogens (primary N) is 1. The highest BCUT2D eigenvalue weighted by atomic mass is 32.2. The molecule has 0 spiro atoms. The largest absolute Gasteiger partial charge is 0.398 e. The molecule has 7 heteroatoms. The maximum Gasteiger partial charge on any atom is 0.243 e. The Morgan fingerprint density at radius 1 is 1.35 bits per heavy atom. The molecule has 0 atom stereocenters. The van der Waals surface area contributed by atoms with E-state index < -0.39 is 10.0 Å². The molecular weight excluding hydrogens is 294 g/mol. The molecule has 1 heterocycles. The van der Waals surface area contributed by atoms with Crippen molar-refractivity contribution in [1.82, 2.24) is 9.29 Å². The lowest BCUT2D eigenvalue weighted by molar-refractivity contribution is 0.463. The van der Waals surface area contributed by atoms with Gasteiger partial charge in [-0.25, -0.2) is 13.4 Å². The maximum absolute atomic E-state index is 12.5. The molecule has 0 saturated heterocycles. The van der Waals surface area contributed by atoms with E-state index in [0.29, 0.717) is 5.69 Å². The van der Waals surface area contributed by atoms with E-state index in [-0.39, 0.29) is 11.4 Å². The van der Waals surface area contributed by atoms with Gasteiger partial charge in [0, 0.05) is 18.1 Å². The quantitative estimate of drug-likeness (QED) is 0.878. The summed E-state index contributed by atoms with van der Waals surface area (Å²) in [5.41, 5.74) is 7.87. The van der Waals surface area contributed by atoms with Crippen LogP contribution in [0.2, 0.25) is 0 Å². The van der Waals surface area contributed by atoms with Gasteiger partial charge in [0.05, 0.1) is 22.1 Å². The lowest BCUT2D eigenvalue weighted by Gasteiger charge is -2.16. The van der Waals surface area contributed by atoms with Gasteiger partial charge in [0.1, 0.15) is 0 Å². The Kier molecular flexibility index (Phi) is 4.12. The molecule has 0 bridgehead atoms. The molecule has 1 aromatic heterocycles. The highest BCUT2D eigenvalue weighted by Gasteiger charge is 2.22. The molecule has 1 aromatic carbocycles. The van der Waals surface area contributed by atoms with Crippen LogP contribution in [0.3, 0.4) is 0 Å². The molecule has 0 aliphatic heterocycles. The molecule has 5 nitrogen and oxygen atoms in total. The Morgan fingerprint density at radius 2 is 2.05 bits per heavy atom. The van der Waals surface area contributed by atoms with Gasteiger partial charge in [0.2, 0.25) is 10.0 Å². The minimum absolute atomic E-state index is 0.204. The van der Waals surface area contributed by atoms with Gasteiger partial charge in [-0.05, 0) is 31.5 Å². The predicted octanol–water partition coefficient (Wildman–Crippen LogP) is 2.16. The van der Waals surface area contributed by atoms with Crippen molar-refractivity contribution in [2.75, 3.05) is 12.8 Å². The van der Waals surface area contributed by atoms with Crippen LogP contribution in [0.5, 0.6) is 0 Å². The number of nitrogen functional groups attached to an aromatic ring is 1. The van der Waals surface area contributed by atoms with E-state index in [1.165, 1.54) is 21.7 Å². The minimum atomic E-state index is -3.55. The van der Waals surface area contributed by atoms with Gasteiger partial charge in [-0.1, -0.05) is 6.07 Å². The number of rotatable bonds is 4. The van der Waals surface area contributed by atoms with Crippen LogP contribution in [-0.2, 0) is 16.6 Å². The molecule has 0 amide bonds. The Balaban J connectivity index is 2.27. The molecule has 108 valence electrons. The predicted molar refractivity (Wildman–Crippen MR) is 81.1 cm³/mol. The molecule has 0 unspecified atom stereocenters. The molecule has 0 aliphatic rings. The van der Waals surface area contributed by atoms with Crippen molar-refractivity contribution >= 4 is 27.0 Å². The van der Waals surface area contributed by atoms with E-state index >= 15 is 0 Å². The van der Waals surface area contributed by atoms with Gasteiger partial charge in [0.15, 0.2) is 0 Å². The summed E-state index contributed by atoms with van der Waals surface area (Å²) in [6, 6.07) is 4.78. The highest BCUT2D eigenvalue weighted by Crippen LogP contribution is 2.21. The van der Waals surface area contributed by atoms with Crippen molar-refractivity contribution in [1.29, 1.82) is 0 Å². The zero-order chi connectivity index (χ0) is 14.9. The second-order valence-electron chi connectivity index (χ2n) is 4.64. The van der Waals surface area contributed by atoms with E-state index in [2.05, 4.69) is 4.98 Å². The van der Waals surface area contributed by atoms with Gasteiger partial charge in [-0.3, -0.25) is 0 Å². The number of hydrogen-bond acceptors (Lipinski definition) is 5. The number of hydrogen-bond donors (Lipinski definition) is 1. The molecule has 0 saturated carbocycles. The summed E-state index contributed by atoms with van der Waals surface area (Å²) in [6.07, 6.45) is 0. The summed E-state index contributed by atoms with van der Waals surface area (Å²) >= 11 is 1.50. The van der Waals surface area contributed by atoms with E-state index in [0.717, 1.165) is 16.3 Å². The second kappa shape index (κ2) is 5.51. The summed E-state index contributed by atoms with van der Waals surface area (Å²) in [5, 5.41) is 2.79. The maximum atomic E-state index is 12.5. The molecule has 20 heavy (non-hydrogen) atoms. The zero-order valence-electron chi connectivity index (χ0n) is 11.6. The first kappa shape index (κ1) is 15.0. The van der Waals surface area contributed by atoms with Gasteiger partial charge in [-0.15, -0.1) is 11.3 Å². The van der Waals surface area contributed by atoms with Crippen LogP contribution in [0.1, 0.15) is 16.3 Å². The number of aryl methyl sites for hydroxylation is 2. The zero-order valence-corrected chi connectivity index (χ0v) is 13.3. The van der Waals surface area contributed by atoms with Crippen LogP contribution in [0.4, 0.5) is 5.69 Å². The normalized spacial score (nSPS) is 12.0. The third-order valence-corrected chi connectivity index (χ3v) is 5.63. The lowest BCUT2D eigenvalue weighted by atomic mass is 10.2. The van der Waals surface area contributed by atoms with Crippen molar-refractivity contribution in [3.8, 4) is 0 Å². The van der Waals surface area contributed by atoms with Gasteiger partial charge in [-0.2, -0.15) is 4.31 Å². The third-order valence-electron chi connectivity index (χ3n) is 3.01. The van der Waals surface area contributed by atoms with Crippen LogP contribution in [0, 0.1) is 13.8 Å². The summed E-state index contributed by atoms with van der Waals surface area (Å²) in [6.45, 7) is 3.98. The summed E-state index contributed by atoms with van der Waals surface area (Å²) in [5.74, 6) is 0. The molecule has 0 fully saturated rings. The molecular formula is C13H17N3O2S2. The third kappa shape index (κ3) is 3.00. The van der Waals surface area contributed by atoms with Crippen LogP contribution >= 0.6 is 11.3 Å². The number of anilines is 1. The van der Waals surface area contributed by atoms with Crippen molar-refractivity contribution in [3.63, 3.8) is 0 Å². The van der Waals surface area contributed by atoms with Gasteiger partial charge < -0.3 is 5.73 Å². The molecule has 2 N–H and O–H groups in total. The van der Waals surface area contributed by atoms with E-state index in [4.69, 9.17) is 5.73 Å². The average Bonchev–Trinajstić information content (AvgIpc) is 2.78. The Labute approximate surface area is 123 Å².